The molecule has 0 fully saturated rings. The molecule has 2 N–H and O–H groups in total. The van der Waals surface area contributed by atoms with Crippen LogP contribution in [0.1, 0.15) is 39.5 Å². The monoisotopic (exact) mass is 480 g/mol. The van der Waals surface area contributed by atoms with Gasteiger partial charge in [-0.1, -0.05) is 66.1 Å². The van der Waals surface area contributed by atoms with Gasteiger partial charge in [0.15, 0.2) is 12.0 Å². The standard InChI is InChI=1S/C29H27BNO3S/c1-28(2,32)29(3,4)34-30-18-13-14-20-21-10-7-11-22(26(21)35-24(20)16-18)27-31-23-15-12-17-8-5-6-9-19(17)25(23)33-27/h5-16,27,31-32H,1-4H3. The Labute approximate surface area is 209 Å². The second-order valence-electron chi connectivity index (χ2n) is 10.2. The Balaban J connectivity index is 1.34. The number of ether oxygens (including phenoxy) is 1. The second-order valence-corrected chi connectivity index (χ2v) is 11.2. The summed E-state index contributed by atoms with van der Waals surface area (Å²) >= 11 is 1.77. The highest BCUT2D eigenvalue weighted by atomic mass is 32.1. The first kappa shape index (κ1) is 22.4. The van der Waals surface area contributed by atoms with Gasteiger partial charge < -0.3 is 19.8 Å². The van der Waals surface area contributed by atoms with Gasteiger partial charge in [-0.2, -0.15) is 0 Å². The molecule has 1 aliphatic heterocycles. The van der Waals surface area contributed by atoms with Gasteiger partial charge in [0.05, 0.1) is 16.9 Å². The summed E-state index contributed by atoms with van der Waals surface area (Å²) in [6.45, 7) is 7.31. The normalized spacial score (nSPS) is 15.9. The molecular weight excluding hydrogens is 453 g/mol. The number of rotatable bonds is 5. The van der Waals surface area contributed by atoms with Gasteiger partial charge in [-0.25, -0.2) is 0 Å². The van der Waals surface area contributed by atoms with E-state index in [9.17, 15) is 5.11 Å². The van der Waals surface area contributed by atoms with Crippen molar-refractivity contribution in [3.05, 3.63) is 78.4 Å². The Hall–Kier alpha value is -3.06. The van der Waals surface area contributed by atoms with Gasteiger partial charge in [0.25, 0.3) is 0 Å². The third-order valence-electron chi connectivity index (χ3n) is 7.20. The van der Waals surface area contributed by atoms with Crippen molar-refractivity contribution in [2.75, 3.05) is 5.32 Å². The van der Waals surface area contributed by atoms with Gasteiger partial charge in [-0.15, -0.1) is 11.3 Å². The van der Waals surface area contributed by atoms with Crippen molar-refractivity contribution in [2.45, 2.75) is 45.1 Å². The maximum Gasteiger partial charge on any atom is 0.330 e. The molecule has 6 rings (SSSR count). The zero-order valence-corrected chi connectivity index (χ0v) is 21.1. The van der Waals surface area contributed by atoms with Gasteiger partial charge >= 0.3 is 7.48 Å². The molecule has 0 bridgehead atoms. The minimum atomic E-state index is -0.961. The van der Waals surface area contributed by atoms with E-state index in [0.717, 1.165) is 27.8 Å². The lowest BCUT2D eigenvalue weighted by Gasteiger charge is -2.37. The first-order valence-electron chi connectivity index (χ1n) is 11.8. The predicted molar refractivity (Wildman–Crippen MR) is 147 cm³/mol. The number of fused-ring (bicyclic) bond motifs is 6. The van der Waals surface area contributed by atoms with Crippen molar-refractivity contribution in [3.63, 3.8) is 0 Å². The van der Waals surface area contributed by atoms with E-state index in [-0.39, 0.29) is 6.23 Å². The van der Waals surface area contributed by atoms with Gasteiger partial charge in [0.2, 0.25) is 0 Å². The maximum atomic E-state index is 10.4. The molecule has 1 unspecified atom stereocenters. The molecule has 6 heteroatoms. The molecule has 1 atom stereocenters. The van der Waals surface area contributed by atoms with Crippen molar-refractivity contribution in [2.24, 2.45) is 0 Å². The molecule has 4 aromatic carbocycles. The number of hydrogen-bond donors (Lipinski definition) is 2. The highest BCUT2D eigenvalue weighted by Crippen LogP contribution is 2.46. The molecular formula is C29H27BNO3S. The van der Waals surface area contributed by atoms with E-state index in [4.69, 9.17) is 9.39 Å². The zero-order valence-electron chi connectivity index (χ0n) is 20.3. The second kappa shape index (κ2) is 7.99. The Morgan fingerprint density at radius 3 is 2.54 bits per heavy atom. The molecule has 175 valence electrons. The number of thiophene rings is 1. The number of nitrogens with one attached hydrogen (secondary N) is 1. The highest BCUT2D eigenvalue weighted by molar-refractivity contribution is 7.26. The summed E-state index contributed by atoms with van der Waals surface area (Å²) in [4.78, 5) is 0. The van der Waals surface area contributed by atoms with E-state index in [1.165, 1.54) is 25.6 Å². The minimum Gasteiger partial charge on any atom is -0.464 e. The number of hydrogen-bond acceptors (Lipinski definition) is 5. The largest absolute Gasteiger partial charge is 0.464 e. The Morgan fingerprint density at radius 1 is 0.914 bits per heavy atom. The zero-order chi connectivity index (χ0) is 24.4. The van der Waals surface area contributed by atoms with Crippen LogP contribution in [-0.4, -0.2) is 23.8 Å². The minimum absolute atomic E-state index is 0.241. The Kier molecular flexibility index (Phi) is 5.11. The third-order valence-corrected chi connectivity index (χ3v) is 8.42. The van der Waals surface area contributed by atoms with E-state index in [0.29, 0.717) is 0 Å². The van der Waals surface area contributed by atoms with E-state index in [2.05, 4.69) is 72.0 Å². The molecule has 4 nitrogen and oxygen atoms in total. The van der Waals surface area contributed by atoms with Crippen molar-refractivity contribution in [3.8, 4) is 5.75 Å². The van der Waals surface area contributed by atoms with Crippen molar-refractivity contribution in [1.82, 2.24) is 0 Å². The van der Waals surface area contributed by atoms with Crippen LogP contribution in [-0.2, 0) is 4.65 Å². The summed E-state index contributed by atoms with van der Waals surface area (Å²) in [6.07, 6.45) is -0.241. The number of anilines is 1. The average Bonchev–Trinajstić information content (AvgIpc) is 3.43. The summed E-state index contributed by atoms with van der Waals surface area (Å²) in [5.41, 5.74) is 1.46. The SMILES string of the molecule is CC(C)(O)C(C)(C)O[B]c1ccc2c(c1)sc1c(C3Nc4ccc5ccccc5c4O3)cccc12. The third kappa shape index (κ3) is 3.77. The summed E-state index contributed by atoms with van der Waals surface area (Å²) in [6, 6.07) is 25.3. The fraction of sp³-hybridized carbons (Fsp3) is 0.241. The summed E-state index contributed by atoms with van der Waals surface area (Å²) in [5.74, 6) is 0.912. The molecule has 5 aromatic rings. The van der Waals surface area contributed by atoms with Gasteiger partial charge in [0, 0.05) is 31.1 Å². The van der Waals surface area contributed by atoms with E-state index < -0.39 is 11.2 Å². The van der Waals surface area contributed by atoms with Gasteiger partial charge in [-0.05, 0) is 45.2 Å². The Morgan fingerprint density at radius 2 is 1.71 bits per heavy atom. The van der Waals surface area contributed by atoms with Crippen LogP contribution in [0, 0.1) is 0 Å². The molecule has 35 heavy (non-hydrogen) atoms. The summed E-state index contributed by atoms with van der Waals surface area (Å²) < 4.78 is 14.9. The molecule has 0 amide bonds. The average molecular weight is 480 g/mol. The highest BCUT2D eigenvalue weighted by Gasteiger charge is 2.35. The lowest BCUT2D eigenvalue weighted by Crippen LogP contribution is -2.49. The molecule has 1 radical (unpaired) electrons. The lowest BCUT2D eigenvalue weighted by molar-refractivity contribution is -0.0893. The molecule has 1 aliphatic rings. The predicted octanol–water partition coefficient (Wildman–Crippen LogP) is 6.52. The number of benzene rings is 4. The fourth-order valence-corrected chi connectivity index (χ4v) is 5.67. The van der Waals surface area contributed by atoms with Crippen LogP contribution in [0.25, 0.3) is 30.9 Å². The summed E-state index contributed by atoms with van der Waals surface area (Å²) in [5, 5.41) is 18.7. The fourth-order valence-electron chi connectivity index (χ4n) is 4.39. The topological polar surface area (TPSA) is 50.7 Å². The first-order valence-corrected chi connectivity index (χ1v) is 12.7. The van der Waals surface area contributed by atoms with Crippen molar-refractivity contribution >= 4 is 60.9 Å². The van der Waals surface area contributed by atoms with E-state index >= 15 is 0 Å². The van der Waals surface area contributed by atoms with Crippen LogP contribution < -0.4 is 15.5 Å². The summed E-state index contributed by atoms with van der Waals surface area (Å²) in [7, 11) is 1.74. The van der Waals surface area contributed by atoms with Crippen LogP contribution in [0.5, 0.6) is 5.75 Å². The first-order chi connectivity index (χ1) is 16.7. The van der Waals surface area contributed by atoms with Crippen LogP contribution in [0.15, 0.2) is 72.8 Å². The quantitative estimate of drug-likeness (QED) is 0.281. The molecule has 0 saturated heterocycles. The lowest BCUT2D eigenvalue weighted by atomic mass is 9.82. The van der Waals surface area contributed by atoms with Crippen LogP contribution >= 0.6 is 11.3 Å². The van der Waals surface area contributed by atoms with Gasteiger partial charge in [0.1, 0.15) is 0 Å². The van der Waals surface area contributed by atoms with Crippen LogP contribution in [0.2, 0.25) is 0 Å². The molecule has 0 spiro atoms. The van der Waals surface area contributed by atoms with Crippen molar-refractivity contribution < 1.29 is 14.5 Å². The molecule has 2 heterocycles. The van der Waals surface area contributed by atoms with E-state index in [1.807, 2.05) is 19.9 Å². The molecule has 0 saturated carbocycles. The molecule has 0 aliphatic carbocycles. The maximum absolute atomic E-state index is 10.4. The van der Waals surface area contributed by atoms with Crippen LogP contribution in [0.4, 0.5) is 5.69 Å². The van der Waals surface area contributed by atoms with Gasteiger partial charge in [-0.3, -0.25) is 0 Å². The molecule has 1 aromatic heterocycles. The Bertz CT molecular complexity index is 1580. The van der Waals surface area contributed by atoms with Crippen molar-refractivity contribution in [1.29, 1.82) is 0 Å². The number of aliphatic hydroxyl groups is 1. The van der Waals surface area contributed by atoms with E-state index in [1.54, 1.807) is 32.7 Å². The van der Waals surface area contributed by atoms with Crippen LogP contribution in [0.3, 0.4) is 0 Å². The smallest absolute Gasteiger partial charge is 0.330 e.